The van der Waals surface area contributed by atoms with Crippen molar-refractivity contribution in [2.75, 3.05) is 18.8 Å². The quantitative estimate of drug-likeness (QED) is 0.134. The zero-order chi connectivity index (χ0) is 20.1. The van der Waals surface area contributed by atoms with E-state index in [0.29, 0.717) is 11.5 Å². The molecule has 0 saturated heterocycles. The first kappa shape index (κ1) is 24.1. The highest BCUT2D eigenvalue weighted by atomic mass is 32.1. The van der Waals surface area contributed by atoms with Gasteiger partial charge in [0.2, 0.25) is 11.8 Å². The third-order valence-electron chi connectivity index (χ3n) is 3.53. The largest absolute Gasteiger partial charge is 0.480 e. The molecule has 0 radical (unpaired) electrons. The van der Waals surface area contributed by atoms with Gasteiger partial charge in [0.15, 0.2) is 0 Å². The van der Waals surface area contributed by atoms with Crippen molar-refractivity contribution in [2.45, 2.75) is 51.1 Å². The van der Waals surface area contributed by atoms with E-state index in [9.17, 15) is 29.5 Å². The fraction of sp³-hybridized carbons (Fsp3) is 0.733. The first-order chi connectivity index (χ1) is 12.2. The van der Waals surface area contributed by atoms with Crippen LogP contribution >= 0.6 is 12.6 Å². The van der Waals surface area contributed by atoms with E-state index in [1.54, 1.807) is 0 Å². The van der Waals surface area contributed by atoms with Gasteiger partial charge in [-0.1, -0.05) is 19.8 Å². The molecule has 0 aromatic rings. The van der Waals surface area contributed by atoms with E-state index < -0.39 is 42.4 Å². The molecule has 11 heteroatoms. The van der Waals surface area contributed by atoms with Crippen LogP contribution in [-0.2, 0) is 19.2 Å². The van der Waals surface area contributed by atoms with Gasteiger partial charge in [-0.05, 0) is 12.8 Å². The lowest BCUT2D eigenvalue weighted by Gasteiger charge is -2.22. The van der Waals surface area contributed by atoms with Crippen LogP contribution in [0.15, 0.2) is 0 Å². The molecule has 0 rings (SSSR count). The number of hydrogen-bond acceptors (Lipinski definition) is 7. The first-order valence-corrected chi connectivity index (χ1v) is 8.94. The van der Waals surface area contributed by atoms with Crippen LogP contribution in [0.2, 0.25) is 0 Å². The summed E-state index contributed by atoms with van der Waals surface area (Å²) in [4.78, 5) is 45.4. The number of nitrogens with one attached hydrogen (secondary N) is 2. The van der Waals surface area contributed by atoms with E-state index in [1.165, 1.54) is 0 Å². The van der Waals surface area contributed by atoms with Crippen LogP contribution in [0.1, 0.15) is 39.0 Å². The Labute approximate surface area is 157 Å². The van der Waals surface area contributed by atoms with Gasteiger partial charge < -0.3 is 26.1 Å². The number of amides is 2. The highest BCUT2D eigenvalue weighted by molar-refractivity contribution is 7.80. The molecular weight excluding hydrogens is 366 g/mol. The van der Waals surface area contributed by atoms with Crippen molar-refractivity contribution in [1.82, 2.24) is 15.7 Å². The SMILES string of the molecule is CCCCCN(O)[C@@H](CCC(=O)N[C@@H](CS)C(=O)NCC(=O)O)C(=O)O. The fourth-order valence-electron chi connectivity index (χ4n) is 2.09. The van der Waals surface area contributed by atoms with Crippen molar-refractivity contribution in [1.29, 1.82) is 0 Å². The van der Waals surface area contributed by atoms with Crippen LogP contribution in [0.25, 0.3) is 0 Å². The summed E-state index contributed by atoms with van der Waals surface area (Å²) in [5, 5.41) is 32.7. The number of rotatable bonds is 14. The molecule has 0 saturated carbocycles. The molecule has 0 bridgehead atoms. The van der Waals surface area contributed by atoms with Crippen molar-refractivity contribution in [3.63, 3.8) is 0 Å². The number of nitrogens with zero attached hydrogens (tertiary/aromatic N) is 1. The lowest BCUT2D eigenvalue weighted by atomic mass is 10.1. The van der Waals surface area contributed by atoms with Crippen molar-refractivity contribution in [3.8, 4) is 0 Å². The summed E-state index contributed by atoms with van der Waals surface area (Å²) in [6.45, 7) is 1.58. The predicted molar refractivity (Wildman–Crippen MR) is 95.1 cm³/mol. The summed E-state index contributed by atoms with van der Waals surface area (Å²) in [5.74, 6) is -3.82. The fourth-order valence-corrected chi connectivity index (χ4v) is 2.35. The first-order valence-electron chi connectivity index (χ1n) is 8.30. The molecule has 0 heterocycles. The third kappa shape index (κ3) is 10.2. The summed E-state index contributed by atoms with van der Waals surface area (Å²) in [7, 11) is 0. The van der Waals surface area contributed by atoms with Crippen molar-refractivity contribution in [2.24, 2.45) is 0 Å². The number of unbranched alkanes of at least 4 members (excludes halogenated alkanes) is 2. The lowest BCUT2D eigenvalue weighted by Crippen LogP contribution is -2.49. The maximum Gasteiger partial charge on any atom is 0.323 e. The molecule has 0 spiro atoms. The maximum absolute atomic E-state index is 11.9. The van der Waals surface area contributed by atoms with E-state index in [2.05, 4.69) is 23.3 Å². The standard InChI is InChI=1S/C15H27N3O7S/c1-2-3-4-7-18(25)11(15(23)24)5-6-12(19)17-10(9-26)14(22)16-8-13(20)21/h10-11,25-26H,2-9H2,1H3,(H,16,22)(H,17,19)(H,20,21)(H,23,24)/t10-,11-/m0/s1. The summed E-state index contributed by atoms with van der Waals surface area (Å²) >= 11 is 3.93. The molecule has 0 unspecified atom stereocenters. The Morgan fingerprint density at radius 2 is 1.81 bits per heavy atom. The molecule has 26 heavy (non-hydrogen) atoms. The number of hydrogen-bond donors (Lipinski definition) is 6. The number of carboxylic acid groups (broad SMARTS) is 2. The molecule has 0 aromatic heterocycles. The van der Waals surface area contributed by atoms with Crippen LogP contribution in [0.3, 0.4) is 0 Å². The number of carbonyl (C=O) groups is 4. The van der Waals surface area contributed by atoms with Gasteiger partial charge in [-0.15, -0.1) is 0 Å². The van der Waals surface area contributed by atoms with Gasteiger partial charge in [-0.3, -0.25) is 19.2 Å². The second-order valence-corrected chi connectivity index (χ2v) is 6.04. The summed E-state index contributed by atoms with van der Waals surface area (Å²) in [5.41, 5.74) is 0. The molecule has 10 nitrogen and oxygen atoms in total. The van der Waals surface area contributed by atoms with Gasteiger partial charge in [0.1, 0.15) is 18.6 Å². The minimum Gasteiger partial charge on any atom is -0.480 e. The molecular formula is C15H27N3O7S. The van der Waals surface area contributed by atoms with E-state index in [0.717, 1.165) is 12.8 Å². The Balaban J connectivity index is 4.50. The molecule has 5 N–H and O–H groups in total. The summed E-state index contributed by atoms with van der Waals surface area (Å²) in [6, 6.07) is -2.27. The highest BCUT2D eigenvalue weighted by Crippen LogP contribution is 2.08. The van der Waals surface area contributed by atoms with Crippen LogP contribution < -0.4 is 10.6 Å². The summed E-state index contributed by atoms with van der Waals surface area (Å²) in [6.07, 6.45) is 2.04. The van der Waals surface area contributed by atoms with Gasteiger partial charge in [0.05, 0.1) is 0 Å². The van der Waals surface area contributed by atoms with Crippen LogP contribution in [-0.4, -0.2) is 75.2 Å². The Hall–Kier alpha value is -1.85. The average Bonchev–Trinajstić information content (AvgIpc) is 2.57. The molecule has 2 amide bonds. The van der Waals surface area contributed by atoms with Crippen LogP contribution in [0.5, 0.6) is 0 Å². The third-order valence-corrected chi connectivity index (χ3v) is 3.89. The number of carbonyl (C=O) groups excluding carboxylic acids is 2. The normalized spacial score (nSPS) is 13.1. The van der Waals surface area contributed by atoms with Gasteiger partial charge in [0.25, 0.3) is 0 Å². The van der Waals surface area contributed by atoms with Gasteiger partial charge in [-0.25, -0.2) is 0 Å². The zero-order valence-corrected chi connectivity index (χ0v) is 15.6. The smallest absolute Gasteiger partial charge is 0.323 e. The Bertz CT molecular complexity index is 490. The van der Waals surface area contributed by atoms with Crippen molar-refractivity contribution in [3.05, 3.63) is 0 Å². The number of hydroxylamine groups is 2. The number of carboxylic acids is 2. The molecule has 0 aliphatic carbocycles. The number of aliphatic carboxylic acids is 2. The maximum atomic E-state index is 11.9. The van der Waals surface area contributed by atoms with E-state index in [4.69, 9.17) is 5.11 Å². The predicted octanol–water partition coefficient (Wildman–Crippen LogP) is -0.283. The highest BCUT2D eigenvalue weighted by Gasteiger charge is 2.26. The van der Waals surface area contributed by atoms with Gasteiger partial charge in [-0.2, -0.15) is 17.7 Å². The molecule has 0 aliphatic rings. The van der Waals surface area contributed by atoms with Gasteiger partial charge in [0, 0.05) is 18.7 Å². The average molecular weight is 393 g/mol. The van der Waals surface area contributed by atoms with E-state index in [1.807, 2.05) is 6.92 Å². The monoisotopic (exact) mass is 393 g/mol. The van der Waals surface area contributed by atoms with Crippen LogP contribution in [0.4, 0.5) is 0 Å². The summed E-state index contributed by atoms with van der Waals surface area (Å²) < 4.78 is 0. The Morgan fingerprint density at radius 3 is 2.31 bits per heavy atom. The second kappa shape index (κ2) is 13.4. The zero-order valence-electron chi connectivity index (χ0n) is 14.7. The molecule has 150 valence electrons. The molecule has 0 aromatic carbocycles. The Kier molecular flexibility index (Phi) is 12.4. The van der Waals surface area contributed by atoms with Gasteiger partial charge >= 0.3 is 11.9 Å². The lowest BCUT2D eigenvalue weighted by molar-refractivity contribution is -0.171. The number of thiol groups is 1. The molecule has 0 fully saturated rings. The van der Waals surface area contributed by atoms with Crippen molar-refractivity contribution >= 4 is 36.4 Å². The van der Waals surface area contributed by atoms with E-state index >= 15 is 0 Å². The minimum atomic E-state index is -1.25. The molecule has 0 aliphatic heterocycles. The van der Waals surface area contributed by atoms with Crippen LogP contribution in [0, 0.1) is 0 Å². The van der Waals surface area contributed by atoms with Crippen molar-refractivity contribution < 1.29 is 34.6 Å². The van der Waals surface area contributed by atoms with E-state index in [-0.39, 0.29) is 25.1 Å². The second-order valence-electron chi connectivity index (χ2n) is 5.68. The minimum absolute atomic E-state index is 0.0529. The molecule has 2 atom stereocenters. The topological polar surface area (TPSA) is 156 Å². The Morgan fingerprint density at radius 1 is 1.15 bits per heavy atom.